The molecule has 0 amide bonds. The summed E-state index contributed by atoms with van der Waals surface area (Å²) in [4.78, 5) is 0. The van der Waals surface area contributed by atoms with Gasteiger partial charge in [0.1, 0.15) is 0 Å². The normalized spacial score (nSPS) is 12.7. The van der Waals surface area contributed by atoms with Crippen LogP contribution in [-0.2, 0) is 0 Å². The van der Waals surface area contributed by atoms with Gasteiger partial charge in [-0.15, -0.1) is 0 Å². The molecule has 4 N–H and O–H groups in total. The number of hydrogen-bond donors (Lipinski definition) is 3. The number of aliphatic hydroxyl groups is 2. The third-order valence-electron chi connectivity index (χ3n) is 4.22. The monoisotopic (exact) mass is 301 g/mol. The molecule has 128 valence electrons. The minimum absolute atomic E-state index is 0.00589. The second-order valence-electron chi connectivity index (χ2n) is 6.40. The molecule has 0 aromatic heterocycles. The van der Waals surface area contributed by atoms with Crippen molar-refractivity contribution in [3.05, 3.63) is 0 Å². The molecule has 1 atom stereocenters. The molecule has 0 spiro atoms. The van der Waals surface area contributed by atoms with Crippen LogP contribution < -0.4 is 5.73 Å². The summed E-state index contributed by atoms with van der Waals surface area (Å²) in [6, 6.07) is -0.00589. The topological polar surface area (TPSA) is 66.5 Å². The van der Waals surface area contributed by atoms with Crippen LogP contribution >= 0.6 is 0 Å². The van der Waals surface area contributed by atoms with Crippen LogP contribution in [-0.4, -0.2) is 29.5 Å². The summed E-state index contributed by atoms with van der Waals surface area (Å²) in [5.74, 6) is 0. The Morgan fingerprint density at radius 3 is 1.19 bits per heavy atom. The second-order valence-corrected chi connectivity index (χ2v) is 6.40. The van der Waals surface area contributed by atoms with E-state index in [9.17, 15) is 0 Å². The van der Waals surface area contributed by atoms with Gasteiger partial charge in [0.05, 0.1) is 6.61 Å². The quantitative estimate of drug-likeness (QED) is 0.354. The van der Waals surface area contributed by atoms with Crippen molar-refractivity contribution in [3.63, 3.8) is 0 Å². The maximum atomic E-state index is 8.82. The SMILES string of the molecule is NC(CO)CCCCCCCCCCCCCCCCO. The van der Waals surface area contributed by atoms with E-state index in [1.54, 1.807) is 0 Å². The molecule has 0 aromatic rings. The lowest BCUT2D eigenvalue weighted by molar-refractivity contribution is 0.257. The highest BCUT2D eigenvalue weighted by molar-refractivity contribution is 4.58. The van der Waals surface area contributed by atoms with Crippen LogP contribution in [0, 0.1) is 0 Å². The summed E-state index contributed by atoms with van der Waals surface area (Å²) in [7, 11) is 0. The zero-order chi connectivity index (χ0) is 15.6. The van der Waals surface area contributed by atoms with E-state index < -0.39 is 0 Å². The molecule has 0 saturated heterocycles. The van der Waals surface area contributed by atoms with Crippen molar-refractivity contribution >= 4 is 0 Å². The van der Waals surface area contributed by atoms with Crippen molar-refractivity contribution in [2.24, 2.45) is 5.73 Å². The van der Waals surface area contributed by atoms with Crippen molar-refractivity contribution in [3.8, 4) is 0 Å². The Labute approximate surface area is 132 Å². The molecule has 0 bridgehead atoms. The van der Waals surface area contributed by atoms with Gasteiger partial charge in [0.2, 0.25) is 0 Å². The maximum absolute atomic E-state index is 8.82. The molecule has 0 radical (unpaired) electrons. The average Bonchev–Trinajstić information content (AvgIpc) is 2.50. The molecule has 0 aliphatic rings. The zero-order valence-electron chi connectivity index (χ0n) is 14.1. The van der Waals surface area contributed by atoms with Crippen LogP contribution in [0.1, 0.15) is 96.3 Å². The first-order chi connectivity index (χ1) is 10.3. The van der Waals surface area contributed by atoms with Gasteiger partial charge in [-0.05, 0) is 12.8 Å². The summed E-state index contributed by atoms with van der Waals surface area (Å²) >= 11 is 0. The fourth-order valence-corrected chi connectivity index (χ4v) is 2.73. The van der Waals surface area contributed by atoms with E-state index in [-0.39, 0.29) is 12.6 Å². The first kappa shape index (κ1) is 20.9. The van der Waals surface area contributed by atoms with Crippen molar-refractivity contribution in [2.75, 3.05) is 13.2 Å². The Morgan fingerprint density at radius 2 is 0.857 bits per heavy atom. The second kappa shape index (κ2) is 17.9. The largest absolute Gasteiger partial charge is 0.396 e. The molecule has 0 rings (SSSR count). The van der Waals surface area contributed by atoms with Gasteiger partial charge in [-0.2, -0.15) is 0 Å². The third kappa shape index (κ3) is 17.8. The molecule has 0 aliphatic carbocycles. The van der Waals surface area contributed by atoms with Gasteiger partial charge >= 0.3 is 0 Å². The Kier molecular flexibility index (Phi) is 17.8. The highest BCUT2D eigenvalue weighted by atomic mass is 16.3. The number of nitrogens with two attached hydrogens (primary N) is 1. The van der Waals surface area contributed by atoms with Gasteiger partial charge in [-0.25, -0.2) is 0 Å². The van der Waals surface area contributed by atoms with Crippen molar-refractivity contribution in [1.82, 2.24) is 0 Å². The highest BCUT2D eigenvalue weighted by Crippen LogP contribution is 2.13. The molecule has 0 aliphatic heterocycles. The fraction of sp³-hybridized carbons (Fsp3) is 1.00. The standard InChI is InChI=1S/C18H39NO2/c19-18(17-21)15-13-11-9-7-5-3-1-2-4-6-8-10-12-14-16-20/h18,20-21H,1-17,19H2. The van der Waals surface area contributed by atoms with Gasteiger partial charge < -0.3 is 15.9 Å². The lowest BCUT2D eigenvalue weighted by Gasteiger charge is -2.07. The Hall–Kier alpha value is -0.120. The van der Waals surface area contributed by atoms with Gasteiger partial charge in [0.15, 0.2) is 0 Å². The van der Waals surface area contributed by atoms with Crippen LogP contribution in [0.2, 0.25) is 0 Å². The molecule has 21 heavy (non-hydrogen) atoms. The van der Waals surface area contributed by atoms with E-state index in [1.807, 2.05) is 0 Å². The smallest absolute Gasteiger partial charge is 0.0582 e. The summed E-state index contributed by atoms with van der Waals surface area (Å²) in [6.07, 6.45) is 19.2. The minimum atomic E-state index is -0.00589. The summed E-state index contributed by atoms with van der Waals surface area (Å²) in [5.41, 5.74) is 5.67. The Balaban J connectivity index is 2.96. The zero-order valence-corrected chi connectivity index (χ0v) is 14.1. The van der Waals surface area contributed by atoms with Crippen LogP contribution in [0.4, 0.5) is 0 Å². The molecule has 3 heteroatoms. The first-order valence-electron chi connectivity index (χ1n) is 9.28. The number of unbranched alkanes of at least 4 members (excludes halogenated alkanes) is 13. The maximum Gasteiger partial charge on any atom is 0.0582 e. The van der Waals surface area contributed by atoms with Gasteiger partial charge in [0, 0.05) is 12.6 Å². The predicted molar refractivity (Wildman–Crippen MR) is 91.4 cm³/mol. The lowest BCUT2D eigenvalue weighted by atomic mass is 10.0. The van der Waals surface area contributed by atoms with E-state index in [1.165, 1.54) is 77.0 Å². The van der Waals surface area contributed by atoms with E-state index in [0.29, 0.717) is 6.61 Å². The molecule has 3 nitrogen and oxygen atoms in total. The van der Waals surface area contributed by atoms with Crippen molar-refractivity contribution < 1.29 is 10.2 Å². The van der Waals surface area contributed by atoms with Crippen LogP contribution in [0.15, 0.2) is 0 Å². The van der Waals surface area contributed by atoms with Crippen LogP contribution in [0.5, 0.6) is 0 Å². The molecule has 1 unspecified atom stereocenters. The fourth-order valence-electron chi connectivity index (χ4n) is 2.73. The summed E-state index contributed by atoms with van der Waals surface area (Å²) in [5, 5.41) is 17.5. The van der Waals surface area contributed by atoms with Crippen molar-refractivity contribution in [1.29, 1.82) is 0 Å². The number of hydrogen-bond acceptors (Lipinski definition) is 3. The summed E-state index contributed by atoms with van der Waals surface area (Å²) < 4.78 is 0. The van der Waals surface area contributed by atoms with E-state index in [0.717, 1.165) is 19.3 Å². The molecule has 0 aromatic carbocycles. The molecular weight excluding hydrogens is 262 g/mol. The molecule has 0 heterocycles. The van der Waals surface area contributed by atoms with Crippen LogP contribution in [0.3, 0.4) is 0 Å². The van der Waals surface area contributed by atoms with Crippen LogP contribution in [0.25, 0.3) is 0 Å². The molecule has 0 fully saturated rings. The van der Waals surface area contributed by atoms with Gasteiger partial charge in [0.25, 0.3) is 0 Å². The minimum Gasteiger partial charge on any atom is -0.396 e. The van der Waals surface area contributed by atoms with Gasteiger partial charge in [-0.1, -0.05) is 83.5 Å². The number of aliphatic hydroxyl groups excluding tert-OH is 2. The van der Waals surface area contributed by atoms with Gasteiger partial charge in [-0.3, -0.25) is 0 Å². The molecular formula is C18H39NO2. The van der Waals surface area contributed by atoms with E-state index in [2.05, 4.69) is 0 Å². The Morgan fingerprint density at radius 1 is 0.524 bits per heavy atom. The first-order valence-corrected chi connectivity index (χ1v) is 9.28. The predicted octanol–water partition coefficient (Wildman–Crippen LogP) is 4.15. The summed E-state index contributed by atoms with van der Waals surface area (Å²) in [6.45, 7) is 0.482. The third-order valence-corrected chi connectivity index (χ3v) is 4.22. The van der Waals surface area contributed by atoms with E-state index >= 15 is 0 Å². The molecule has 0 saturated carbocycles. The number of rotatable bonds is 17. The van der Waals surface area contributed by atoms with E-state index in [4.69, 9.17) is 15.9 Å². The average molecular weight is 302 g/mol. The van der Waals surface area contributed by atoms with Crippen molar-refractivity contribution in [2.45, 2.75) is 102 Å². The Bertz CT molecular complexity index is 188. The highest BCUT2D eigenvalue weighted by Gasteiger charge is 1.99. The lowest BCUT2D eigenvalue weighted by Crippen LogP contribution is -2.23.